The van der Waals surface area contributed by atoms with Crippen molar-refractivity contribution < 1.29 is 14.1 Å². The molecule has 76 valence electrons. The lowest BCUT2D eigenvalue weighted by molar-refractivity contribution is -0.402. The summed E-state index contributed by atoms with van der Waals surface area (Å²) in [6.45, 7) is 0. The third kappa shape index (κ3) is 2.59. The molecule has 0 aliphatic heterocycles. The highest BCUT2D eigenvalue weighted by molar-refractivity contribution is 7.98. The van der Waals surface area contributed by atoms with Crippen molar-refractivity contribution in [1.82, 2.24) is 0 Å². The summed E-state index contributed by atoms with van der Waals surface area (Å²) in [4.78, 5) is 20.9. The number of ketones is 1. The fourth-order valence-corrected chi connectivity index (χ4v) is 1.28. The van der Waals surface area contributed by atoms with Gasteiger partial charge in [-0.15, -0.1) is 0 Å². The number of hydrogen-bond donors (Lipinski definition) is 0. The maximum atomic E-state index is 11.3. The van der Waals surface area contributed by atoms with Gasteiger partial charge in [-0.25, -0.2) is 0 Å². The molecule has 5 nitrogen and oxygen atoms in total. The molecule has 0 radical (unpaired) electrons. The van der Waals surface area contributed by atoms with Gasteiger partial charge in [0, 0.05) is 12.2 Å². The Morgan fingerprint density at radius 3 is 2.86 bits per heavy atom. The van der Waals surface area contributed by atoms with E-state index in [1.807, 2.05) is 6.26 Å². The van der Waals surface area contributed by atoms with Crippen LogP contribution >= 0.6 is 11.8 Å². The monoisotopic (exact) mass is 215 g/mol. The maximum absolute atomic E-state index is 11.3. The van der Waals surface area contributed by atoms with Gasteiger partial charge in [0.15, 0.2) is 11.5 Å². The summed E-state index contributed by atoms with van der Waals surface area (Å²) in [5, 5.41) is 10.2. The Morgan fingerprint density at radius 1 is 1.64 bits per heavy atom. The van der Waals surface area contributed by atoms with Gasteiger partial charge in [0.25, 0.3) is 0 Å². The van der Waals surface area contributed by atoms with Crippen LogP contribution in [0, 0.1) is 10.1 Å². The van der Waals surface area contributed by atoms with E-state index in [1.165, 1.54) is 12.1 Å². The van der Waals surface area contributed by atoms with Gasteiger partial charge >= 0.3 is 5.88 Å². The average Bonchev–Trinajstić information content (AvgIpc) is 2.62. The molecule has 0 saturated carbocycles. The number of nitrogens with zero attached hydrogens (tertiary/aromatic N) is 1. The van der Waals surface area contributed by atoms with E-state index >= 15 is 0 Å². The fraction of sp³-hybridized carbons (Fsp3) is 0.375. The largest absolute Gasteiger partial charge is 0.433 e. The molecule has 0 amide bonds. The molecular weight excluding hydrogens is 206 g/mol. The second-order valence-electron chi connectivity index (χ2n) is 2.56. The van der Waals surface area contributed by atoms with E-state index < -0.39 is 10.8 Å². The minimum atomic E-state index is -0.661. The van der Waals surface area contributed by atoms with Crippen LogP contribution < -0.4 is 0 Å². The minimum absolute atomic E-state index is 0.0609. The van der Waals surface area contributed by atoms with Gasteiger partial charge in [0.2, 0.25) is 0 Å². The number of rotatable bonds is 5. The van der Waals surface area contributed by atoms with Crippen molar-refractivity contribution in [2.45, 2.75) is 6.42 Å². The Labute approximate surface area is 84.6 Å². The summed E-state index contributed by atoms with van der Waals surface area (Å²) < 4.78 is 4.75. The summed E-state index contributed by atoms with van der Waals surface area (Å²) in [7, 11) is 0. The van der Waals surface area contributed by atoms with E-state index in [4.69, 9.17) is 4.42 Å². The summed E-state index contributed by atoms with van der Waals surface area (Å²) in [5.74, 6) is 0.156. The number of furan rings is 1. The number of carbonyl (C=O) groups is 1. The zero-order valence-electron chi connectivity index (χ0n) is 7.56. The van der Waals surface area contributed by atoms with Crippen LogP contribution in [-0.4, -0.2) is 22.7 Å². The van der Waals surface area contributed by atoms with Crippen molar-refractivity contribution in [2.24, 2.45) is 0 Å². The van der Waals surface area contributed by atoms with Crippen LogP contribution in [0.1, 0.15) is 17.0 Å². The highest BCUT2D eigenvalue weighted by Crippen LogP contribution is 2.17. The van der Waals surface area contributed by atoms with E-state index in [0.29, 0.717) is 12.2 Å². The molecule has 0 saturated heterocycles. The number of nitro groups is 1. The van der Waals surface area contributed by atoms with Gasteiger partial charge in [0.1, 0.15) is 4.92 Å². The predicted molar refractivity (Wildman–Crippen MR) is 52.7 cm³/mol. The van der Waals surface area contributed by atoms with Gasteiger partial charge in [-0.2, -0.15) is 11.8 Å². The molecule has 0 atom stereocenters. The molecule has 1 heterocycles. The third-order valence-corrected chi connectivity index (χ3v) is 2.19. The fourth-order valence-electron chi connectivity index (χ4n) is 0.894. The Bertz CT molecular complexity index is 347. The predicted octanol–water partition coefficient (Wildman–Crippen LogP) is 2.12. The van der Waals surface area contributed by atoms with Gasteiger partial charge < -0.3 is 4.42 Å². The van der Waals surface area contributed by atoms with Crippen molar-refractivity contribution in [2.75, 3.05) is 12.0 Å². The molecule has 6 heteroatoms. The maximum Gasteiger partial charge on any atom is 0.433 e. The van der Waals surface area contributed by atoms with E-state index in [2.05, 4.69) is 0 Å². The summed E-state index contributed by atoms with van der Waals surface area (Å²) in [6, 6.07) is 2.52. The van der Waals surface area contributed by atoms with Crippen molar-refractivity contribution in [3.05, 3.63) is 28.0 Å². The second-order valence-corrected chi connectivity index (χ2v) is 3.55. The Morgan fingerprint density at radius 2 is 2.36 bits per heavy atom. The molecule has 0 spiro atoms. The van der Waals surface area contributed by atoms with Gasteiger partial charge in [-0.1, -0.05) is 0 Å². The summed E-state index contributed by atoms with van der Waals surface area (Å²) in [5.41, 5.74) is 0. The molecule has 0 N–H and O–H groups in total. The Balaban J connectivity index is 2.66. The van der Waals surface area contributed by atoms with Crippen molar-refractivity contribution in [3.63, 3.8) is 0 Å². The topological polar surface area (TPSA) is 73.3 Å². The van der Waals surface area contributed by atoms with Crippen molar-refractivity contribution >= 4 is 23.4 Å². The van der Waals surface area contributed by atoms with E-state index in [-0.39, 0.29) is 11.5 Å². The zero-order chi connectivity index (χ0) is 10.6. The normalized spacial score (nSPS) is 10.1. The minimum Gasteiger partial charge on any atom is -0.397 e. The standard InChI is InChI=1S/C8H9NO4S/c1-14-5-4-6(10)7-2-3-8(13-7)9(11)12/h2-3H,4-5H2,1H3. The molecule has 1 rings (SSSR count). The first-order valence-electron chi connectivity index (χ1n) is 3.91. The zero-order valence-corrected chi connectivity index (χ0v) is 8.37. The van der Waals surface area contributed by atoms with Crippen LogP contribution in [0.2, 0.25) is 0 Å². The average molecular weight is 215 g/mol. The van der Waals surface area contributed by atoms with Crippen molar-refractivity contribution in [1.29, 1.82) is 0 Å². The highest BCUT2D eigenvalue weighted by atomic mass is 32.2. The van der Waals surface area contributed by atoms with E-state index in [0.717, 1.165) is 0 Å². The third-order valence-electron chi connectivity index (χ3n) is 1.58. The molecule has 0 aromatic carbocycles. The molecular formula is C8H9NO4S. The van der Waals surface area contributed by atoms with Crippen LogP contribution in [0.25, 0.3) is 0 Å². The first-order chi connectivity index (χ1) is 6.65. The molecule has 1 aromatic heterocycles. The second kappa shape index (κ2) is 4.80. The van der Waals surface area contributed by atoms with Gasteiger partial charge in [0.05, 0.1) is 6.07 Å². The number of thioether (sulfide) groups is 1. The highest BCUT2D eigenvalue weighted by Gasteiger charge is 2.16. The molecule has 0 aliphatic carbocycles. The molecule has 0 unspecified atom stereocenters. The molecule has 0 fully saturated rings. The number of carbonyl (C=O) groups excluding carboxylic acids is 1. The van der Waals surface area contributed by atoms with E-state index in [1.54, 1.807) is 11.8 Å². The van der Waals surface area contributed by atoms with Crippen LogP contribution in [0.3, 0.4) is 0 Å². The van der Waals surface area contributed by atoms with Gasteiger partial charge in [-0.3, -0.25) is 14.9 Å². The Hall–Kier alpha value is -1.30. The number of hydrogen-bond acceptors (Lipinski definition) is 5. The molecule has 1 aromatic rings. The van der Waals surface area contributed by atoms with Crippen LogP contribution in [0.15, 0.2) is 16.5 Å². The smallest absolute Gasteiger partial charge is 0.397 e. The summed E-state index contributed by atoms with van der Waals surface area (Å²) in [6.07, 6.45) is 2.23. The van der Waals surface area contributed by atoms with Gasteiger partial charge in [-0.05, 0) is 12.3 Å². The quantitative estimate of drug-likeness (QED) is 0.427. The van der Waals surface area contributed by atoms with E-state index in [9.17, 15) is 14.9 Å². The summed E-state index contributed by atoms with van der Waals surface area (Å²) >= 11 is 1.54. The molecule has 14 heavy (non-hydrogen) atoms. The lowest BCUT2D eigenvalue weighted by Crippen LogP contribution is -1.98. The Kier molecular flexibility index (Phi) is 3.70. The van der Waals surface area contributed by atoms with Crippen molar-refractivity contribution in [3.8, 4) is 0 Å². The first-order valence-corrected chi connectivity index (χ1v) is 5.31. The molecule has 0 bridgehead atoms. The first kappa shape index (κ1) is 10.8. The number of Topliss-reactive ketones (excluding diaryl/α,β-unsaturated/α-hetero) is 1. The van der Waals surface area contributed by atoms with Crippen LogP contribution in [-0.2, 0) is 0 Å². The SMILES string of the molecule is CSCCC(=O)c1ccc([N+](=O)[O-])o1. The van der Waals surface area contributed by atoms with Crippen LogP contribution in [0.5, 0.6) is 0 Å². The lowest BCUT2D eigenvalue weighted by atomic mass is 10.2. The van der Waals surface area contributed by atoms with Crippen LogP contribution in [0.4, 0.5) is 5.88 Å². The lowest BCUT2D eigenvalue weighted by Gasteiger charge is -1.93. The molecule has 0 aliphatic rings.